The number of aryl methyl sites for hydroxylation is 1. The van der Waals surface area contributed by atoms with Gasteiger partial charge in [-0.2, -0.15) is 0 Å². The number of aromatic hydroxyl groups is 1. The highest BCUT2D eigenvalue weighted by atomic mass is 16.3. The summed E-state index contributed by atoms with van der Waals surface area (Å²) in [7, 11) is 0. The summed E-state index contributed by atoms with van der Waals surface area (Å²) in [5, 5.41) is 14.0. The number of nitrogens with zero attached hydrogens (tertiary/aromatic N) is 1. The van der Waals surface area contributed by atoms with E-state index in [1.165, 1.54) is 51.4 Å². The zero-order chi connectivity index (χ0) is 22.5. The molecule has 0 saturated heterocycles. The van der Waals surface area contributed by atoms with Crippen LogP contribution in [0, 0.1) is 0 Å². The van der Waals surface area contributed by atoms with Crippen LogP contribution in [0.1, 0.15) is 101 Å². The van der Waals surface area contributed by atoms with Crippen molar-refractivity contribution in [2.45, 2.75) is 97.4 Å². The lowest BCUT2D eigenvalue weighted by Gasteiger charge is -2.14. The first-order chi connectivity index (χ1) is 15.1. The molecule has 0 aliphatic heterocycles. The summed E-state index contributed by atoms with van der Waals surface area (Å²) in [6.07, 6.45) is 14.1. The van der Waals surface area contributed by atoms with E-state index in [-0.39, 0.29) is 11.3 Å². The van der Waals surface area contributed by atoms with Crippen molar-refractivity contribution >= 4 is 16.8 Å². The number of hydrogen-bond donors (Lipinski definition) is 2. The van der Waals surface area contributed by atoms with E-state index < -0.39 is 11.5 Å². The second-order valence-corrected chi connectivity index (χ2v) is 8.49. The number of para-hydroxylation sites is 1. The van der Waals surface area contributed by atoms with Gasteiger partial charge >= 0.3 is 0 Å². The van der Waals surface area contributed by atoms with Gasteiger partial charge in [0.1, 0.15) is 11.3 Å². The summed E-state index contributed by atoms with van der Waals surface area (Å²) in [6.45, 7) is 5.36. The fraction of sp³-hybridized carbons (Fsp3) is 0.615. The van der Waals surface area contributed by atoms with Crippen LogP contribution in [0.3, 0.4) is 0 Å². The van der Waals surface area contributed by atoms with Gasteiger partial charge in [-0.25, -0.2) is 0 Å². The average molecular weight is 429 g/mol. The van der Waals surface area contributed by atoms with Crippen molar-refractivity contribution in [3.8, 4) is 5.75 Å². The molecule has 0 radical (unpaired) electrons. The zero-order valence-corrected chi connectivity index (χ0v) is 19.4. The number of fused-ring (bicyclic) bond motifs is 1. The summed E-state index contributed by atoms with van der Waals surface area (Å²) in [6, 6.07) is 7.22. The van der Waals surface area contributed by atoms with Gasteiger partial charge in [0.2, 0.25) is 0 Å². The van der Waals surface area contributed by atoms with Crippen molar-refractivity contribution in [3.63, 3.8) is 0 Å². The van der Waals surface area contributed by atoms with Crippen LogP contribution in [0.4, 0.5) is 0 Å². The lowest BCUT2D eigenvalue weighted by molar-refractivity contribution is 0.0948. The number of rotatable bonds is 15. The Kier molecular flexibility index (Phi) is 11.2. The van der Waals surface area contributed by atoms with Gasteiger partial charge in [-0.3, -0.25) is 9.59 Å². The summed E-state index contributed by atoms with van der Waals surface area (Å²) < 4.78 is 1.62. The van der Waals surface area contributed by atoms with Crippen LogP contribution in [0.25, 0.3) is 10.9 Å². The second-order valence-electron chi connectivity index (χ2n) is 8.49. The predicted molar refractivity (Wildman–Crippen MR) is 129 cm³/mol. The van der Waals surface area contributed by atoms with Crippen LogP contribution in [-0.4, -0.2) is 22.1 Å². The Hall–Kier alpha value is -2.30. The molecule has 172 valence electrons. The number of aromatic nitrogens is 1. The quantitative estimate of drug-likeness (QED) is 0.334. The minimum atomic E-state index is -0.477. The van der Waals surface area contributed by atoms with Crippen LogP contribution < -0.4 is 10.9 Å². The van der Waals surface area contributed by atoms with Crippen molar-refractivity contribution in [1.82, 2.24) is 9.88 Å². The Morgan fingerprint density at radius 2 is 1.45 bits per heavy atom. The SMILES string of the molecule is CCCCCCCCCCCCNC(=O)c1c(O)c2ccccc2n(CCCC)c1=O. The summed E-state index contributed by atoms with van der Waals surface area (Å²) >= 11 is 0. The van der Waals surface area contributed by atoms with Crippen LogP contribution >= 0.6 is 0 Å². The molecule has 1 aromatic heterocycles. The topological polar surface area (TPSA) is 71.3 Å². The van der Waals surface area contributed by atoms with Gasteiger partial charge in [0.25, 0.3) is 11.5 Å². The molecule has 0 atom stereocenters. The third kappa shape index (κ3) is 7.41. The average Bonchev–Trinajstić information content (AvgIpc) is 2.77. The van der Waals surface area contributed by atoms with E-state index in [9.17, 15) is 14.7 Å². The molecule has 2 aromatic rings. The number of nitrogens with one attached hydrogen (secondary N) is 1. The minimum absolute atomic E-state index is 0.137. The third-order valence-electron chi connectivity index (χ3n) is 5.92. The van der Waals surface area contributed by atoms with Gasteiger partial charge in [0.15, 0.2) is 0 Å². The number of amides is 1. The minimum Gasteiger partial charge on any atom is -0.506 e. The van der Waals surface area contributed by atoms with E-state index in [1.807, 2.05) is 18.2 Å². The monoisotopic (exact) mass is 428 g/mol. The molecule has 0 bridgehead atoms. The van der Waals surface area contributed by atoms with Crippen molar-refractivity contribution in [2.75, 3.05) is 6.54 Å². The van der Waals surface area contributed by atoms with Gasteiger partial charge < -0.3 is 15.0 Å². The molecule has 0 saturated carbocycles. The first-order valence-corrected chi connectivity index (χ1v) is 12.2. The molecule has 0 spiro atoms. The van der Waals surface area contributed by atoms with E-state index in [1.54, 1.807) is 10.6 Å². The Balaban J connectivity index is 1.88. The Morgan fingerprint density at radius 1 is 0.871 bits per heavy atom. The Labute approximate surface area is 186 Å². The maximum absolute atomic E-state index is 13.0. The van der Waals surface area contributed by atoms with Crippen molar-refractivity contribution in [3.05, 3.63) is 40.2 Å². The number of pyridine rings is 1. The second kappa shape index (κ2) is 13.9. The number of benzene rings is 1. The van der Waals surface area contributed by atoms with Gasteiger partial charge in [-0.05, 0) is 25.0 Å². The standard InChI is InChI=1S/C26H40N2O3/c1-3-5-7-8-9-10-11-12-13-16-19-27-25(30)23-24(29)21-17-14-15-18-22(21)28(26(23)31)20-6-4-2/h14-15,17-18,29H,3-13,16,19-20H2,1-2H3,(H,27,30). The van der Waals surface area contributed by atoms with E-state index in [4.69, 9.17) is 0 Å². The maximum atomic E-state index is 13.0. The molecule has 0 unspecified atom stereocenters. The molecule has 2 rings (SSSR count). The number of carbonyl (C=O) groups is 1. The molecule has 1 amide bonds. The number of unbranched alkanes of at least 4 members (excludes halogenated alkanes) is 10. The van der Waals surface area contributed by atoms with Crippen LogP contribution in [-0.2, 0) is 6.54 Å². The van der Waals surface area contributed by atoms with Crippen molar-refractivity contribution < 1.29 is 9.90 Å². The van der Waals surface area contributed by atoms with Crippen LogP contribution in [0.5, 0.6) is 5.75 Å². The van der Waals surface area contributed by atoms with Crippen molar-refractivity contribution in [1.29, 1.82) is 0 Å². The lowest BCUT2D eigenvalue weighted by atomic mass is 10.1. The van der Waals surface area contributed by atoms with Gasteiger partial charge in [-0.15, -0.1) is 0 Å². The van der Waals surface area contributed by atoms with E-state index >= 15 is 0 Å². The van der Waals surface area contributed by atoms with Crippen molar-refractivity contribution in [2.24, 2.45) is 0 Å². The van der Waals surface area contributed by atoms with E-state index in [2.05, 4.69) is 19.2 Å². The molecule has 1 heterocycles. The highest BCUT2D eigenvalue weighted by molar-refractivity contribution is 6.02. The molecule has 2 N–H and O–H groups in total. The fourth-order valence-electron chi connectivity index (χ4n) is 4.04. The third-order valence-corrected chi connectivity index (χ3v) is 5.92. The van der Waals surface area contributed by atoms with Gasteiger partial charge in [0, 0.05) is 18.5 Å². The fourth-order valence-corrected chi connectivity index (χ4v) is 4.04. The summed E-state index contributed by atoms with van der Waals surface area (Å²) in [5.74, 6) is -0.691. The maximum Gasteiger partial charge on any atom is 0.267 e. The smallest absolute Gasteiger partial charge is 0.267 e. The predicted octanol–water partition coefficient (Wildman–Crippen LogP) is 6.16. The Morgan fingerprint density at radius 3 is 2.10 bits per heavy atom. The molecule has 0 aliphatic carbocycles. The highest BCUT2D eigenvalue weighted by Gasteiger charge is 2.21. The molecule has 5 nitrogen and oxygen atoms in total. The zero-order valence-electron chi connectivity index (χ0n) is 19.4. The molecule has 31 heavy (non-hydrogen) atoms. The summed E-state index contributed by atoms with van der Waals surface area (Å²) in [5.41, 5.74) is 0.122. The first-order valence-electron chi connectivity index (χ1n) is 12.2. The number of carbonyl (C=O) groups excluding carboxylic acids is 1. The normalized spacial score (nSPS) is 11.2. The molecule has 1 aromatic carbocycles. The van der Waals surface area contributed by atoms with Gasteiger partial charge in [-0.1, -0.05) is 90.2 Å². The molecular weight excluding hydrogens is 388 g/mol. The highest BCUT2D eigenvalue weighted by Crippen LogP contribution is 2.26. The number of hydrogen-bond acceptors (Lipinski definition) is 3. The molecular formula is C26H40N2O3. The van der Waals surface area contributed by atoms with E-state index in [0.717, 1.165) is 25.7 Å². The van der Waals surface area contributed by atoms with E-state index in [0.29, 0.717) is 24.0 Å². The lowest BCUT2D eigenvalue weighted by Crippen LogP contribution is -2.34. The molecule has 5 heteroatoms. The molecule has 0 fully saturated rings. The molecule has 0 aliphatic rings. The van der Waals surface area contributed by atoms with Crippen LogP contribution in [0.2, 0.25) is 0 Å². The summed E-state index contributed by atoms with van der Waals surface area (Å²) in [4.78, 5) is 25.7. The van der Waals surface area contributed by atoms with Crippen LogP contribution in [0.15, 0.2) is 29.1 Å². The Bertz CT molecular complexity index is 873. The largest absolute Gasteiger partial charge is 0.506 e. The first kappa shape index (κ1) is 25.0. The van der Waals surface area contributed by atoms with Gasteiger partial charge in [0.05, 0.1) is 5.52 Å².